The zero-order chi connectivity index (χ0) is 13.7. The number of ether oxygens (including phenoxy) is 2. The highest BCUT2D eigenvalue weighted by Gasteiger charge is 2.36. The van der Waals surface area contributed by atoms with Crippen molar-refractivity contribution in [2.24, 2.45) is 5.73 Å². The topological polar surface area (TPSA) is 61.6 Å². The van der Waals surface area contributed by atoms with Crippen LogP contribution in [0.15, 0.2) is 0 Å². The Morgan fingerprint density at radius 1 is 1.16 bits per heavy atom. The average molecular weight is 261 g/mol. The predicted molar refractivity (Wildman–Crippen MR) is 72.2 cm³/mol. The molecule has 4 nitrogen and oxygen atoms in total. The van der Waals surface area contributed by atoms with E-state index in [2.05, 4.69) is 0 Å². The quantitative estimate of drug-likeness (QED) is 0.824. The fourth-order valence-electron chi connectivity index (χ4n) is 3.12. The smallest absolute Gasteiger partial charge is 0.180 e. The molecule has 2 aliphatic heterocycles. The number of hydrogen-bond donors (Lipinski definition) is 1. The monoisotopic (exact) mass is 261 g/mol. The third-order valence-electron chi connectivity index (χ3n) is 3.96. The molecule has 4 heteroatoms. The maximum Gasteiger partial charge on any atom is 0.180 e. The van der Waals surface area contributed by atoms with Crippen molar-refractivity contribution in [2.75, 3.05) is 6.54 Å². The van der Waals surface area contributed by atoms with Crippen LogP contribution in [0.25, 0.3) is 0 Å². The molecule has 0 fully saturated rings. The first-order valence-corrected chi connectivity index (χ1v) is 6.77. The molecule has 19 heavy (non-hydrogen) atoms. The Hall–Kier alpha value is -1.55. The lowest BCUT2D eigenvalue weighted by atomic mass is 9.91. The Labute approximate surface area is 112 Å². The second kappa shape index (κ2) is 4.23. The third kappa shape index (κ3) is 1.74. The van der Waals surface area contributed by atoms with Crippen molar-refractivity contribution in [1.29, 1.82) is 0 Å². The summed E-state index contributed by atoms with van der Waals surface area (Å²) in [5, 5.41) is 0. The van der Waals surface area contributed by atoms with Gasteiger partial charge in [0, 0.05) is 24.0 Å². The standard InChI is InChI=1S/C15H19NO3/c1-7-4-10-9(3)14-11(5-8(2)18-14)13(12(17)6-16)15(10)19-7/h7-8H,4-6,16H2,1-3H3. The molecule has 1 aromatic carbocycles. The van der Waals surface area contributed by atoms with Crippen LogP contribution >= 0.6 is 0 Å². The Morgan fingerprint density at radius 2 is 1.74 bits per heavy atom. The van der Waals surface area contributed by atoms with Crippen molar-refractivity contribution in [2.45, 2.75) is 45.8 Å². The summed E-state index contributed by atoms with van der Waals surface area (Å²) in [6.07, 6.45) is 1.80. The molecule has 0 radical (unpaired) electrons. The number of nitrogens with two attached hydrogens (primary N) is 1. The van der Waals surface area contributed by atoms with Crippen molar-refractivity contribution in [3.8, 4) is 11.5 Å². The van der Waals surface area contributed by atoms with Gasteiger partial charge in [-0.05, 0) is 26.3 Å². The van der Waals surface area contributed by atoms with Crippen molar-refractivity contribution >= 4 is 5.78 Å². The molecule has 0 saturated carbocycles. The third-order valence-corrected chi connectivity index (χ3v) is 3.96. The molecule has 0 aliphatic carbocycles. The number of carbonyl (C=O) groups is 1. The van der Waals surface area contributed by atoms with E-state index in [1.54, 1.807) is 0 Å². The molecular formula is C15H19NO3. The Balaban J connectivity index is 2.26. The second-order valence-corrected chi connectivity index (χ2v) is 5.51. The summed E-state index contributed by atoms with van der Waals surface area (Å²) >= 11 is 0. The molecule has 0 aromatic heterocycles. The van der Waals surface area contributed by atoms with Crippen molar-refractivity contribution in [3.63, 3.8) is 0 Å². The highest BCUT2D eigenvalue weighted by Crippen LogP contribution is 2.46. The van der Waals surface area contributed by atoms with E-state index in [0.29, 0.717) is 5.56 Å². The van der Waals surface area contributed by atoms with Crippen LogP contribution in [-0.2, 0) is 12.8 Å². The van der Waals surface area contributed by atoms with Gasteiger partial charge in [-0.3, -0.25) is 4.79 Å². The highest BCUT2D eigenvalue weighted by atomic mass is 16.5. The molecule has 2 unspecified atom stereocenters. The fraction of sp³-hybridized carbons (Fsp3) is 0.533. The maximum absolute atomic E-state index is 12.2. The van der Waals surface area contributed by atoms with Gasteiger partial charge in [-0.15, -0.1) is 0 Å². The SMILES string of the molecule is Cc1c2c(c(C(=O)CN)c3c1OC(C)C3)OC(C)C2. The summed E-state index contributed by atoms with van der Waals surface area (Å²) in [5.74, 6) is 1.57. The van der Waals surface area contributed by atoms with E-state index in [1.807, 2.05) is 20.8 Å². The molecule has 2 heterocycles. The number of carbonyl (C=O) groups excluding carboxylic acids is 1. The molecule has 1 aromatic rings. The number of benzene rings is 1. The predicted octanol–water partition coefficient (Wildman–Crippen LogP) is 1.78. The van der Waals surface area contributed by atoms with E-state index in [1.165, 1.54) is 0 Å². The minimum atomic E-state index is -0.0562. The van der Waals surface area contributed by atoms with Crippen LogP contribution in [0.4, 0.5) is 0 Å². The number of Topliss-reactive ketones (excluding diaryl/α,β-unsaturated/α-hetero) is 1. The minimum Gasteiger partial charge on any atom is -0.490 e. The lowest BCUT2D eigenvalue weighted by Crippen LogP contribution is -2.17. The normalized spacial score (nSPS) is 23.6. The van der Waals surface area contributed by atoms with Crippen LogP contribution in [-0.4, -0.2) is 24.5 Å². The Kier molecular flexibility index (Phi) is 2.78. The summed E-state index contributed by atoms with van der Waals surface area (Å²) in [6.45, 7) is 6.09. The van der Waals surface area contributed by atoms with E-state index in [9.17, 15) is 4.79 Å². The van der Waals surface area contributed by atoms with Gasteiger partial charge < -0.3 is 15.2 Å². The summed E-state index contributed by atoms with van der Waals surface area (Å²) in [6, 6.07) is 0. The fourth-order valence-corrected chi connectivity index (χ4v) is 3.12. The van der Waals surface area contributed by atoms with Gasteiger partial charge in [-0.1, -0.05) is 0 Å². The van der Waals surface area contributed by atoms with E-state index in [0.717, 1.165) is 41.0 Å². The van der Waals surface area contributed by atoms with E-state index in [4.69, 9.17) is 15.2 Å². The lowest BCUT2D eigenvalue weighted by molar-refractivity contribution is 0.0996. The number of ketones is 1. The summed E-state index contributed by atoms with van der Waals surface area (Å²) in [5.41, 5.74) is 9.42. The molecule has 0 spiro atoms. The highest BCUT2D eigenvalue weighted by molar-refractivity contribution is 6.03. The first-order chi connectivity index (χ1) is 9.02. The first-order valence-electron chi connectivity index (χ1n) is 6.77. The molecule has 0 bridgehead atoms. The summed E-state index contributed by atoms with van der Waals surface area (Å²) in [7, 11) is 0. The van der Waals surface area contributed by atoms with Crippen molar-refractivity contribution < 1.29 is 14.3 Å². The van der Waals surface area contributed by atoms with Crippen LogP contribution in [0.1, 0.15) is 40.9 Å². The van der Waals surface area contributed by atoms with Gasteiger partial charge in [-0.2, -0.15) is 0 Å². The van der Waals surface area contributed by atoms with E-state index >= 15 is 0 Å². The maximum atomic E-state index is 12.2. The molecule has 2 N–H and O–H groups in total. The lowest BCUT2D eigenvalue weighted by Gasteiger charge is -2.14. The van der Waals surface area contributed by atoms with Crippen LogP contribution in [0.2, 0.25) is 0 Å². The molecule has 3 rings (SSSR count). The van der Waals surface area contributed by atoms with E-state index in [-0.39, 0.29) is 24.5 Å². The molecule has 0 amide bonds. The molecular weight excluding hydrogens is 242 g/mol. The van der Waals surface area contributed by atoms with Gasteiger partial charge in [0.2, 0.25) is 0 Å². The van der Waals surface area contributed by atoms with Crippen LogP contribution in [0.3, 0.4) is 0 Å². The number of fused-ring (bicyclic) bond motifs is 2. The minimum absolute atomic E-state index is 0.00800. The van der Waals surface area contributed by atoms with Crippen molar-refractivity contribution in [1.82, 2.24) is 0 Å². The van der Waals surface area contributed by atoms with Gasteiger partial charge >= 0.3 is 0 Å². The van der Waals surface area contributed by atoms with Crippen LogP contribution < -0.4 is 15.2 Å². The molecule has 0 saturated heterocycles. The number of rotatable bonds is 2. The Bertz CT molecular complexity index is 526. The van der Waals surface area contributed by atoms with Crippen LogP contribution in [0.5, 0.6) is 11.5 Å². The zero-order valence-electron chi connectivity index (χ0n) is 11.6. The first kappa shape index (κ1) is 12.5. The van der Waals surface area contributed by atoms with Crippen LogP contribution in [0, 0.1) is 6.92 Å². The molecule has 2 aliphatic rings. The van der Waals surface area contributed by atoms with Gasteiger partial charge in [-0.25, -0.2) is 0 Å². The average Bonchev–Trinajstić information content (AvgIpc) is 2.92. The largest absolute Gasteiger partial charge is 0.490 e. The summed E-state index contributed by atoms with van der Waals surface area (Å²) in [4.78, 5) is 12.2. The number of hydrogen-bond acceptors (Lipinski definition) is 4. The summed E-state index contributed by atoms with van der Waals surface area (Å²) < 4.78 is 11.8. The van der Waals surface area contributed by atoms with E-state index < -0.39 is 0 Å². The van der Waals surface area contributed by atoms with Gasteiger partial charge in [0.25, 0.3) is 0 Å². The molecule has 2 atom stereocenters. The Morgan fingerprint density at radius 3 is 2.37 bits per heavy atom. The molecule has 102 valence electrons. The second-order valence-electron chi connectivity index (χ2n) is 5.51. The van der Waals surface area contributed by atoms with Gasteiger partial charge in [0.1, 0.15) is 23.7 Å². The van der Waals surface area contributed by atoms with Crippen molar-refractivity contribution in [3.05, 3.63) is 22.3 Å². The van der Waals surface area contributed by atoms with Gasteiger partial charge in [0.15, 0.2) is 5.78 Å². The zero-order valence-corrected chi connectivity index (χ0v) is 11.6. The van der Waals surface area contributed by atoms with Gasteiger partial charge in [0.05, 0.1) is 12.1 Å².